The summed E-state index contributed by atoms with van der Waals surface area (Å²) in [5.41, 5.74) is 0. The van der Waals surface area contributed by atoms with E-state index < -0.39 is 0 Å². The Kier molecular flexibility index (Phi) is 36.6. The van der Waals surface area contributed by atoms with Crippen LogP contribution >= 0.6 is 0 Å². The van der Waals surface area contributed by atoms with E-state index in [0.29, 0.717) is 48.6 Å². The first-order chi connectivity index (χ1) is 29.0. The molecule has 0 aliphatic carbocycles. The third kappa shape index (κ3) is 25.4. The highest BCUT2D eigenvalue weighted by molar-refractivity contribution is 5.88. The molecule has 0 aromatic rings. The molecule has 0 aliphatic rings. The summed E-state index contributed by atoms with van der Waals surface area (Å²) in [5.74, 6) is 2.59. The molecule has 7 heteroatoms. The minimum atomic E-state index is -0.103. The normalized spacial score (nSPS) is 14.6. The number of nitrogens with zero attached hydrogens (tertiary/aromatic N) is 4. The summed E-state index contributed by atoms with van der Waals surface area (Å²) >= 11 is 0. The molecule has 0 rings (SSSR count). The van der Waals surface area contributed by atoms with E-state index in [1.807, 2.05) is 0 Å². The van der Waals surface area contributed by atoms with Crippen molar-refractivity contribution in [2.75, 3.05) is 52.4 Å². The first-order valence-electron chi connectivity index (χ1n) is 26.6. The third-order valence-corrected chi connectivity index (χ3v) is 14.0. The summed E-state index contributed by atoms with van der Waals surface area (Å²) in [5, 5.41) is 0. The van der Waals surface area contributed by atoms with Crippen LogP contribution in [0.15, 0.2) is 0 Å². The van der Waals surface area contributed by atoms with Gasteiger partial charge in [-0.05, 0) is 74.0 Å². The molecule has 0 bridgehead atoms. The van der Waals surface area contributed by atoms with E-state index in [-0.39, 0.29) is 30.9 Å². The zero-order valence-electron chi connectivity index (χ0n) is 42.6. The fourth-order valence-electron chi connectivity index (χ4n) is 9.08. The average Bonchev–Trinajstić information content (AvgIpc) is 3.26. The summed E-state index contributed by atoms with van der Waals surface area (Å²) in [6.07, 6.45) is 26.7. The molecule has 0 fully saturated rings. The van der Waals surface area contributed by atoms with Crippen LogP contribution in [0, 0.1) is 35.5 Å². The van der Waals surface area contributed by atoms with Gasteiger partial charge in [0, 0.05) is 39.3 Å². The van der Waals surface area contributed by atoms with E-state index in [4.69, 9.17) is 0 Å². The Labute approximate surface area is 375 Å². The molecule has 0 aromatic carbocycles. The maximum absolute atomic E-state index is 15.4. The van der Waals surface area contributed by atoms with Crippen molar-refractivity contribution in [1.82, 2.24) is 19.6 Å². The van der Waals surface area contributed by atoms with Gasteiger partial charge in [0.15, 0.2) is 0 Å². The van der Waals surface area contributed by atoms with Crippen molar-refractivity contribution in [2.24, 2.45) is 35.5 Å². The van der Waals surface area contributed by atoms with E-state index in [0.717, 1.165) is 155 Å². The molecular formula is C53H106N4O3. The third-order valence-electron chi connectivity index (χ3n) is 14.0. The Morgan fingerprint density at radius 3 is 0.683 bits per heavy atom. The summed E-state index contributed by atoms with van der Waals surface area (Å²) in [6, 6.07) is -0.103. The molecule has 6 unspecified atom stereocenters. The Bertz CT molecular complexity index is 930. The van der Waals surface area contributed by atoms with Crippen LogP contribution in [0.1, 0.15) is 237 Å². The maximum Gasteiger partial charge on any atom is 0.320 e. The molecule has 0 saturated heterocycles. The van der Waals surface area contributed by atoms with Crippen LogP contribution in [0.25, 0.3) is 0 Å². The van der Waals surface area contributed by atoms with E-state index in [2.05, 4.69) is 97.8 Å². The fraction of sp³-hybridized carbons (Fsp3) is 0.943. The Morgan fingerprint density at radius 1 is 0.300 bits per heavy atom. The molecule has 0 saturated carbocycles. The predicted molar refractivity (Wildman–Crippen MR) is 262 cm³/mol. The van der Waals surface area contributed by atoms with Crippen LogP contribution in [0.5, 0.6) is 0 Å². The quantitative estimate of drug-likeness (QED) is 0.0617. The molecule has 0 spiro atoms. The van der Waals surface area contributed by atoms with Crippen molar-refractivity contribution < 1.29 is 14.4 Å². The molecule has 4 amide bonds. The molecule has 356 valence electrons. The number of carbonyl (C=O) groups is 3. The minimum absolute atomic E-state index is 0.0207. The standard InChI is InChI=1S/C53H106N4O3/c1-13-25-31-45(19-7)37-54(38-46(20-8)32-26-14-2)51(58)43-57(53(60)56(41-49(23-11)35-29-17-5)42-50(24-12)36-30-18-6)44-52(59)55(39-47(21-9)33-27-15-3)40-48(22-10)34-28-16-4/h45-50H,13-44H2,1-12H3. The minimum Gasteiger partial charge on any atom is -0.341 e. The molecule has 6 atom stereocenters. The van der Waals surface area contributed by atoms with E-state index in [1.54, 1.807) is 4.90 Å². The number of unbranched alkanes of at least 4 members (excludes halogenated alkanes) is 6. The van der Waals surface area contributed by atoms with Gasteiger partial charge in [0.25, 0.3) is 0 Å². The van der Waals surface area contributed by atoms with Gasteiger partial charge in [-0.2, -0.15) is 0 Å². The lowest BCUT2D eigenvalue weighted by atomic mass is 9.95. The van der Waals surface area contributed by atoms with Crippen molar-refractivity contribution in [2.45, 2.75) is 237 Å². The zero-order valence-corrected chi connectivity index (χ0v) is 42.6. The van der Waals surface area contributed by atoms with Gasteiger partial charge in [-0.25, -0.2) is 4.79 Å². The van der Waals surface area contributed by atoms with Crippen LogP contribution in [-0.4, -0.2) is 89.8 Å². The van der Waals surface area contributed by atoms with Crippen molar-refractivity contribution in [1.29, 1.82) is 0 Å². The lowest BCUT2D eigenvalue weighted by Gasteiger charge is -2.38. The lowest BCUT2D eigenvalue weighted by Crippen LogP contribution is -2.54. The molecule has 7 nitrogen and oxygen atoms in total. The Morgan fingerprint density at radius 2 is 0.500 bits per heavy atom. The average molecular weight is 847 g/mol. The molecule has 0 N–H and O–H groups in total. The summed E-state index contributed by atoms with van der Waals surface area (Å²) < 4.78 is 0. The second-order valence-electron chi connectivity index (χ2n) is 19.1. The number of urea groups is 1. The first kappa shape index (κ1) is 58.2. The highest BCUT2D eigenvalue weighted by Gasteiger charge is 2.33. The summed E-state index contributed by atoms with van der Waals surface area (Å²) in [7, 11) is 0. The SMILES string of the molecule is CCCCC(CC)CN(CC(CC)CCCC)C(=O)CN(CC(=O)N(CC(CC)CCCC)CC(CC)CCCC)C(=O)N(CC(CC)CCCC)CC(CC)CCCC. The van der Waals surface area contributed by atoms with Gasteiger partial charge in [0.1, 0.15) is 13.1 Å². The van der Waals surface area contributed by atoms with Gasteiger partial charge in [0.05, 0.1) is 0 Å². The fourth-order valence-corrected chi connectivity index (χ4v) is 9.08. The van der Waals surface area contributed by atoms with Gasteiger partial charge in [0.2, 0.25) is 11.8 Å². The highest BCUT2D eigenvalue weighted by atomic mass is 16.2. The van der Waals surface area contributed by atoms with Gasteiger partial charge < -0.3 is 19.6 Å². The second kappa shape index (κ2) is 37.7. The van der Waals surface area contributed by atoms with Crippen molar-refractivity contribution in [3.8, 4) is 0 Å². The second-order valence-corrected chi connectivity index (χ2v) is 19.1. The monoisotopic (exact) mass is 847 g/mol. The summed E-state index contributed by atoms with van der Waals surface area (Å²) in [4.78, 5) is 53.5. The number of amides is 4. The molecule has 0 aliphatic heterocycles. The van der Waals surface area contributed by atoms with Crippen LogP contribution in [0.3, 0.4) is 0 Å². The van der Waals surface area contributed by atoms with E-state index >= 15 is 4.79 Å². The van der Waals surface area contributed by atoms with Crippen LogP contribution in [0.2, 0.25) is 0 Å². The maximum atomic E-state index is 15.4. The molecular weight excluding hydrogens is 741 g/mol. The zero-order chi connectivity index (χ0) is 45.1. The van der Waals surface area contributed by atoms with E-state index in [9.17, 15) is 9.59 Å². The smallest absolute Gasteiger partial charge is 0.320 e. The van der Waals surface area contributed by atoms with Crippen LogP contribution in [-0.2, 0) is 9.59 Å². The largest absolute Gasteiger partial charge is 0.341 e. The van der Waals surface area contributed by atoms with E-state index in [1.165, 1.54) is 25.7 Å². The number of carbonyl (C=O) groups excluding carboxylic acids is 3. The molecule has 60 heavy (non-hydrogen) atoms. The predicted octanol–water partition coefficient (Wildman–Crippen LogP) is 14.7. The molecule has 0 aromatic heterocycles. The highest BCUT2D eigenvalue weighted by Crippen LogP contribution is 2.24. The Balaban J connectivity index is 7.37. The number of hydrogen-bond acceptors (Lipinski definition) is 3. The summed E-state index contributed by atoms with van der Waals surface area (Å²) in [6.45, 7) is 31.3. The van der Waals surface area contributed by atoms with Crippen molar-refractivity contribution in [3.05, 3.63) is 0 Å². The first-order valence-corrected chi connectivity index (χ1v) is 26.6. The molecule has 0 heterocycles. The molecule has 0 radical (unpaired) electrons. The topological polar surface area (TPSA) is 64.2 Å². The van der Waals surface area contributed by atoms with Crippen LogP contribution in [0.4, 0.5) is 4.79 Å². The van der Waals surface area contributed by atoms with Crippen LogP contribution < -0.4 is 0 Å². The number of rotatable bonds is 40. The Hall–Kier alpha value is -1.79. The van der Waals surface area contributed by atoms with Gasteiger partial charge in [-0.3, -0.25) is 9.59 Å². The van der Waals surface area contributed by atoms with Gasteiger partial charge >= 0.3 is 6.03 Å². The van der Waals surface area contributed by atoms with Gasteiger partial charge in [-0.15, -0.1) is 0 Å². The van der Waals surface area contributed by atoms with Crippen molar-refractivity contribution in [3.63, 3.8) is 0 Å². The number of hydrogen-bond donors (Lipinski definition) is 0. The lowest BCUT2D eigenvalue weighted by molar-refractivity contribution is -0.136. The van der Waals surface area contributed by atoms with Gasteiger partial charge in [-0.1, -0.05) is 199 Å². The van der Waals surface area contributed by atoms with Crippen molar-refractivity contribution >= 4 is 17.8 Å².